The van der Waals surface area contributed by atoms with E-state index in [0.29, 0.717) is 32.8 Å². The van der Waals surface area contributed by atoms with Crippen molar-refractivity contribution in [2.45, 2.75) is 30.6 Å². The molecular weight excluding hydrogens is 425 g/mol. The summed E-state index contributed by atoms with van der Waals surface area (Å²) in [6.07, 6.45) is 1.49. The Morgan fingerprint density at radius 3 is 2.21 bits per heavy atom. The molecule has 0 radical (unpaired) electrons. The molecule has 2 aliphatic heterocycles. The van der Waals surface area contributed by atoms with E-state index in [1.54, 1.807) is 21.9 Å². The molecule has 3 amide bonds. The zero-order valence-corrected chi connectivity index (χ0v) is 18.5. The van der Waals surface area contributed by atoms with Crippen LogP contribution in [0.1, 0.15) is 24.0 Å². The van der Waals surface area contributed by atoms with Crippen molar-refractivity contribution in [1.29, 1.82) is 0 Å². The van der Waals surface area contributed by atoms with Crippen LogP contribution < -0.4 is 5.32 Å². The molecule has 1 atom stereocenters. The molecule has 33 heavy (non-hydrogen) atoms. The van der Waals surface area contributed by atoms with Gasteiger partial charge in [-0.25, -0.2) is 9.18 Å². The lowest BCUT2D eigenvalue weighted by atomic mass is 9.93. The van der Waals surface area contributed by atoms with Crippen molar-refractivity contribution in [3.8, 4) is 0 Å². The predicted octanol–water partition coefficient (Wildman–Crippen LogP) is 2.65. The van der Waals surface area contributed by atoms with Gasteiger partial charge in [0.1, 0.15) is 5.82 Å². The van der Waals surface area contributed by atoms with Crippen molar-refractivity contribution in [3.63, 3.8) is 0 Å². The zero-order chi connectivity index (χ0) is 22.9. The van der Waals surface area contributed by atoms with E-state index < -0.39 is 11.2 Å². The standard InChI is InChI=1S/C25H28FN3O4/c26-21-8-6-20(7-9-21)24(10-11-24)22(30)28-12-14-32-25(17-28)18-29(13-15-33-25)23(31)27-16-19-4-2-1-3-5-19/h1-9H,10-18H2,(H,27,31). The summed E-state index contributed by atoms with van der Waals surface area (Å²) in [4.78, 5) is 29.8. The van der Waals surface area contributed by atoms with Gasteiger partial charge in [-0.05, 0) is 36.1 Å². The fourth-order valence-electron chi connectivity index (χ4n) is 4.75. The molecule has 7 nitrogen and oxygen atoms in total. The number of ether oxygens (including phenoxy) is 2. The highest BCUT2D eigenvalue weighted by Gasteiger charge is 2.55. The van der Waals surface area contributed by atoms with Gasteiger partial charge in [-0.1, -0.05) is 42.5 Å². The minimum atomic E-state index is -1.03. The third kappa shape index (κ3) is 4.45. The molecular formula is C25H28FN3O4. The van der Waals surface area contributed by atoms with Crippen LogP contribution in [-0.4, -0.2) is 66.9 Å². The Balaban J connectivity index is 1.24. The summed E-state index contributed by atoms with van der Waals surface area (Å²) in [6, 6.07) is 15.8. The number of hydrogen-bond donors (Lipinski definition) is 1. The Morgan fingerprint density at radius 1 is 0.909 bits per heavy atom. The van der Waals surface area contributed by atoms with Crippen molar-refractivity contribution in [1.82, 2.24) is 15.1 Å². The summed E-state index contributed by atoms with van der Waals surface area (Å²) in [5.41, 5.74) is 1.28. The third-order valence-corrected chi connectivity index (χ3v) is 6.73. The number of halogens is 1. The number of urea groups is 1. The van der Waals surface area contributed by atoms with Crippen LogP contribution in [-0.2, 0) is 26.2 Å². The Morgan fingerprint density at radius 2 is 1.55 bits per heavy atom. The van der Waals surface area contributed by atoms with E-state index in [2.05, 4.69) is 5.32 Å². The summed E-state index contributed by atoms with van der Waals surface area (Å²) in [5.74, 6) is -1.32. The maximum absolute atomic E-state index is 13.5. The van der Waals surface area contributed by atoms with Gasteiger partial charge in [-0.15, -0.1) is 0 Å². The maximum Gasteiger partial charge on any atom is 0.317 e. The highest BCUT2D eigenvalue weighted by atomic mass is 19.1. The fourth-order valence-corrected chi connectivity index (χ4v) is 4.75. The van der Waals surface area contributed by atoms with E-state index in [-0.39, 0.29) is 30.8 Å². The number of morpholine rings is 2. The highest BCUT2D eigenvalue weighted by molar-refractivity contribution is 5.91. The smallest absolute Gasteiger partial charge is 0.317 e. The molecule has 2 heterocycles. The number of nitrogens with zero attached hydrogens (tertiary/aromatic N) is 2. The molecule has 1 saturated carbocycles. The van der Waals surface area contributed by atoms with Crippen molar-refractivity contribution < 1.29 is 23.5 Å². The Bertz CT molecular complexity index is 1010. The van der Waals surface area contributed by atoms with E-state index in [4.69, 9.17) is 9.47 Å². The zero-order valence-electron chi connectivity index (χ0n) is 18.5. The van der Waals surface area contributed by atoms with Crippen LogP contribution in [0.25, 0.3) is 0 Å². The van der Waals surface area contributed by atoms with Crippen LogP contribution in [0.15, 0.2) is 54.6 Å². The Hall–Kier alpha value is -2.97. The van der Waals surface area contributed by atoms with Gasteiger partial charge in [0, 0.05) is 19.6 Å². The number of benzene rings is 2. The summed E-state index contributed by atoms with van der Waals surface area (Å²) in [6.45, 7) is 2.55. The Labute approximate surface area is 192 Å². The first-order valence-electron chi connectivity index (χ1n) is 11.4. The van der Waals surface area contributed by atoms with Gasteiger partial charge in [0.25, 0.3) is 0 Å². The van der Waals surface area contributed by atoms with E-state index in [9.17, 15) is 14.0 Å². The number of nitrogens with one attached hydrogen (secondary N) is 1. The minimum absolute atomic E-state index is 0.0195. The van der Waals surface area contributed by atoms with E-state index >= 15 is 0 Å². The molecule has 3 aliphatic rings. The molecule has 1 spiro atoms. The summed E-state index contributed by atoms with van der Waals surface area (Å²) in [5, 5.41) is 2.95. The molecule has 2 aromatic carbocycles. The molecule has 2 saturated heterocycles. The quantitative estimate of drug-likeness (QED) is 0.773. The average Bonchev–Trinajstić information content (AvgIpc) is 3.65. The molecule has 1 aliphatic carbocycles. The van der Waals surface area contributed by atoms with Crippen molar-refractivity contribution in [2.24, 2.45) is 0 Å². The third-order valence-electron chi connectivity index (χ3n) is 6.73. The number of amides is 3. The molecule has 0 bridgehead atoms. The largest absolute Gasteiger partial charge is 0.345 e. The molecule has 0 aromatic heterocycles. The van der Waals surface area contributed by atoms with Crippen LogP contribution in [0.3, 0.4) is 0 Å². The van der Waals surface area contributed by atoms with Gasteiger partial charge >= 0.3 is 6.03 Å². The first kappa shape index (κ1) is 21.9. The van der Waals surface area contributed by atoms with Crippen molar-refractivity contribution in [3.05, 3.63) is 71.5 Å². The minimum Gasteiger partial charge on any atom is -0.345 e. The first-order valence-corrected chi connectivity index (χ1v) is 11.4. The van der Waals surface area contributed by atoms with Gasteiger partial charge < -0.3 is 24.6 Å². The molecule has 3 fully saturated rings. The maximum atomic E-state index is 13.5. The number of carbonyl (C=O) groups is 2. The van der Waals surface area contributed by atoms with Gasteiger partial charge in [0.05, 0.1) is 31.7 Å². The summed E-state index contributed by atoms with van der Waals surface area (Å²) < 4.78 is 25.4. The van der Waals surface area contributed by atoms with Gasteiger partial charge in [-0.2, -0.15) is 0 Å². The van der Waals surface area contributed by atoms with Gasteiger partial charge in [-0.3, -0.25) is 4.79 Å². The second-order valence-electron chi connectivity index (χ2n) is 8.99. The number of hydrogen-bond acceptors (Lipinski definition) is 4. The monoisotopic (exact) mass is 453 g/mol. The fraction of sp³-hybridized carbons (Fsp3) is 0.440. The lowest BCUT2D eigenvalue weighted by Crippen LogP contribution is -2.65. The van der Waals surface area contributed by atoms with Crippen LogP contribution in [0.2, 0.25) is 0 Å². The van der Waals surface area contributed by atoms with Gasteiger partial charge in [0.15, 0.2) is 0 Å². The molecule has 8 heteroatoms. The summed E-state index contributed by atoms with van der Waals surface area (Å²) in [7, 11) is 0. The van der Waals surface area contributed by atoms with Crippen LogP contribution in [0.4, 0.5) is 9.18 Å². The topological polar surface area (TPSA) is 71.1 Å². The molecule has 5 rings (SSSR count). The summed E-state index contributed by atoms with van der Waals surface area (Å²) >= 11 is 0. The van der Waals surface area contributed by atoms with Gasteiger partial charge in [0.2, 0.25) is 11.7 Å². The molecule has 174 valence electrons. The second-order valence-corrected chi connectivity index (χ2v) is 8.99. The SMILES string of the molecule is O=C(NCc1ccccc1)N1CCOC2(C1)CN(C(=O)C1(c3ccc(F)cc3)CC1)CCO2. The average molecular weight is 454 g/mol. The number of rotatable bonds is 4. The van der Waals surface area contributed by atoms with Crippen LogP contribution in [0, 0.1) is 5.82 Å². The van der Waals surface area contributed by atoms with E-state index in [1.165, 1.54) is 12.1 Å². The highest BCUT2D eigenvalue weighted by Crippen LogP contribution is 2.50. The Kier molecular flexibility index (Phi) is 5.80. The first-order chi connectivity index (χ1) is 16.0. The molecule has 1 N–H and O–H groups in total. The van der Waals surface area contributed by atoms with E-state index in [0.717, 1.165) is 24.0 Å². The van der Waals surface area contributed by atoms with Crippen molar-refractivity contribution in [2.75, 3.05) is 39.4 Å². The normalized spacial score (nSPS) is 23.9. The van der Waals surface area contributed by atoms with Crippen LogP contribution in [0.5, 0.6) is 0 Å². The molecule has 1 unspecified atom stereocenters. The van der Waals surface area contributed by atoms with Crippen LogP contribution >= 0.6 is 0 Å². The van der Waals surface area contributed by atoms with E-state index in [1.807, 2.05) is 30.3 Å². The molecule has 2 aromatic rings. The number of carbonyl (C=O) groups excluding carboxylic acids is 2. The predicted molar refractivity (Wildman–Crippen MR) is 119 cm³/mol. The lowest BCUT2D eigenvalue weighted by molar-refractivity contribution is -0.284. The lowest BCUT2D eigenvalue weighted by Gasteiger charge is -2.47. The van der Waals surface area contributed by atoms with Crippen molar-refractivity contribution >= 4 is 11.9 Å². The second kappa shape index (κ2) is 8.76.